The first-order valence-electron chi connectivity index (χ1n) is 5.92. The number of methoxy groups -OCH3 is 1. The van der Waals surface area contributed by atoms with Gasteiger partial charge in [0.2, 0.25) is 0 Å². The Morgan fingerprint density at radius 1 is 1.17 bits per heavy atom. The Morgan fingerprint density at radius 2 is 1.89 bits per heavy atom. The van der Waals surface area contributed by atoms with Crippen molar-refractivity contribution >= 4 is 16.7 Å². The molecule has 0 heterocycles. The maximum atomic E-state index is 11.2. The molecule has 0 bridgehead atoms. The summed E-state index contributed by atoms with van der Waals surface area (Å²) in [4.78, 5) is 11.2. The van der Waals surface area contributed by atoms with Gasteiger partial charge in [-0.1, -0.05) is 36.4 Å². The molecular weight excluding hydrogens is 228 g/mol. The van der Waals surface area contributed by atoms with Gasteiger partial charge < -0.3 is 9.47 Å². The smallest absolute Gasteiger partial charge is 0.309 e. The number of carbonyl (C=O) groups excluding carboxylic acids is 1. The van der Waals surface area contributed by atoms with E-state index in [-0.39, 0.29) is 18.5 Å². The monoisotopic (exact) mass is 244 g/mol. The van der Waals surface area contributed by atoms with Gasteiger partial charge in [-0.05, 0) is 18.4 Å². The molecule has 0 radical (unpaired) electrons. The zero-order chi connectivity index (χ0) is 13.0. The van der Waals surface area contributed by atoms with Gasteiger partial charge in [-0.15, -0.1) is 0 Å². The zero-order valence-electron chi connectivity index (χ0n) is 10.6. The van der Waals surface area contributed by atoms with Gasteiger partial charge in [0.05, 0.1) is 13.5 Å². The van der Waals surface area contributed by atoms with E-state index in [0.29, 0.717) is 0 Å². The third kappa shape index (κ3) is 2.80. The van der Waals surface area contributed by atoms with E-state index >= 15 is 0 Å². The number of fused-ring (bicyclic) bond motifs is 1. The van der Waals surface area contributed by atoms with Gasteiger partial charge in [-0.3, -0.25) is 4.79 Å². The number of hydrogen-bond acceptors (Lipinski definition) is 3. The maximum absolute atomic E-state index is 11.2. The van der Waals surface area contributed by atoms with Gasteiger partial charge in [0.15, 0.2) is 0 Å². The minimum absolute atomic E-state index is 0.205. The summed E-state index contributed by atoms with van der Waals surface area (Å²) in [5.74, 6) is 0.534. The normalized spacial score (nSPS) is 12.1. The van der Waals surface area contributed by atoms with Gasteiger partial charge >= 0.3 is 5.97 Å². The molecule has 0 aliphatic carbocycles. The van der Waals surface area contributed by atoms with Crippen LogP contribution in [0.4, 0.5) is 0 Å². The number of hydrogen-bond donors (Lipinski definition) is 0. The third-order valence-corrected chi connectivity index (χ3v) is 2.76. The van der Waals surface area contributed by atoms with Crippen molar-refractivity contribution in [3.63, 3.8) is 0 Å². The molecule has 0 aromatic heterocycles. The van der Waals surface area contributed by atoms with Crippen LogP contribution in [0.3, 0.4) is 0 Å². The number of esters is 1. The quantitative estimate of drug-likeness (QED) is 0.775. The van der Waals surface area contributed by atoms with Crippen molar-refractivity contribution in [2.75, 3.05) is 7.11 Å². The van der Waals surface area contributed by atoms with Crippen molar-refractivity contribution in [3.8, 4) is 5.75 Å². The Morgan fingerprint density at radius 3 is 2.67 bits per heavy atom. The van der Waals surface area contributed by atoms with Gasteiger partial charge in [0.1, 0.15) is 11.9 Å². The van der Waals surface area contributed by atoms with Crippen LogP contribution in [0.1, 0.15) is 13.3 Å². The minimum Gasteiger partial charge on any atom is -0.489 e. The minimum atomic E-state index is -0.261. The Balaban J connectivity index is 2.19. The molecule has 0 saturated heterocycles. The molecule has 0 fully saturated rings. The van der Waals surface area contributed by atoms with Crippen LogP contribution >= 0.6 is 0 Å². The standard InChI is InChI=1S/C15H16O3/c1-11(10-15(16)17-2)18-14-9-5-7-12-6-3-4-8-13(12)14/h3-9,11H,10H2,1-2H3/t11-/m1/s1. The van der Waals surface area contributed by atoms with Crippen LogP contribution in [-0.4, -0.2) is 19.2 Å². The summed E-state index contributed by atoms with van der Waals surface area (Å²) in [5, 5.41) is 2.18. The van der Waals surface area contributed by atoms with Crippen LogP contribution in [0.25, 0.3) is 10.8 Å². The van der Waals surface area contributed by atoms with Crippen LogP contribution in [0.5, 0.6) is 5.75 Å². The van der Waals surface area contributed by atoms with Gasteiger partial charge in [0, 0.05) is 5.39 Å². The predicted molar refractivity (Wildman–Crippen MR) is 70.7 cm³/mol. The molecule has 1 atom stereocenters. The van der Waals surface area contributed by atoms with Gasteiger partial charge in [-0.2, -0.15) is 0 Å². The fourth-order valence-corrected chi connectivity index (χ4v) is 1.87. The fraction of sp³-hybridized carbons (Fsp3) is 0.267. The molecule has 0 unspecified atom stereocenters. The molecule has 0 saturated carbocycles. The number of carbonyl (C=O) groups is 1. The lowest BCUT2D eigenvalue weighted by Gasteiger charge is -2.15. The first-order chi connectivity index (χ1) is 8.70. The maximum Gasteiger partial charge on any atom is 0.309 e. The molecule has 2 aromatic carbocycles. The SMILES string of the molecule is COC(=O)C[C@@H](C)Oc1cccc2ccccc12. The second kappa shape index (κ2) is 5.54. The summed E-state index contributed by atoms with van der Waals surface area (Å²) >= 11 is 0. The van der Waals surface area contributed by atoms with Crippen molar-refractivity contribution in [3.05, 3.63) is 42.5 Å². The summed E-state index contributed by atoms with van der Waals surface area (Å²) in [5.41, 5.74) is 0. The molecule has 94 valence electrons. The van der Waals surface area contributed by atoms with Crippen molar-refractivity contribution in [2.45, 2.75) is 19.4 Å². The van der Waals surface area contributed by atoms with Crippen molar-refractivity contribution < 1.29 is 14.3 Å². The molecule has 0 amide bonds. The van der Waals surface area contributed by atoms with Crippen LogP contribution in [0, 0.1) is 0 Å². The molecule has 0 N–H and O–H groups in total. The topological polar surface area (TPSA) is 35.5 Å². The number of benzene rings is 2. The highest BCUT2D eigenvalue weighted by Gasteiger charge is 2.11. The first-order valence-corrected chi connectivity index (χ1v) is 5.92. The fourth-order valence-electron chi connectivity index (χ4n) is 1.87. The van der Waals surface area contributed by atoms with Crippen LogP contribution < -0.4 is 4.74 Å². The highest BCUT2D eigenvalue weighted by molar-refractivity contribution is 5.88. The van der Waals surface area contributed by atoms with E-state index in [1.165, 1.54) is 7.11 Å². The lowest BCUT2D eigenvalue weighted by Crippen LogP contribution is -2.18. The highest BCUT2D eigenvalue weighted by atomic mass is 16.5. The summed E-state index contributed by atoms with van der Waals surface area (Å²) in [7, 11) is 1.38. The van der Waals surface area contributed by atoms with Crippen molar-refractivity contribution in [1.82, 2.24) is 0 Å². The van der Waals surface area contributed by atoms with E-state index in [4.69, 9.17) is 4.74 Å². The Kier molecular flexibility index (Phi) is 3.82. The van der Waals surface area contributed by atoms with Crippen molar-refractivity contribution in [2.24, 2.45) is 0 Å². The molecule has 3 heteroatoms. The third-order valence-electron chi connectivity index (χ3n) is 2.76. The number of rotatable bonds is 4. The molecule has 2 aromatic rings. The molecule has 18 heavy (non-hydrogen) atoms. The van der Waals surface area contributed by atoms with Crippen molar-refractivity contribution in [1.29, 1.82) is 0 Å². The largest absolute Gasteiger partial charge is 0.489 e. The van der Waals surface area contributed by atoms with Crippen LogP contribution in [0.15, 0.2) is 42.5 Å². The van der Waals surface area contributed by atoms with E-state index in [9.17, 15) is 4.79 Å². The summed E-state index contributed by atoms with van der Waals surface area (Å²) < 4.78 is 10.4. The Hall–Kier alpha value is -2.03. The van der Waals surface area contributed by atoms with Crippen LogP contribution in [-0.2, 0) is 9.53 Å². The average Bonchev–Trinajstić information content (AvgIpc) is 2.39. The van der Waals surface area contributed by atoms with E-state index in [2.05, 4.69) is 4.74 Å². The number of ether oxygens (including phenoxy) is 2. The molecule has 3 nitrogen and oxygen atoms in total. The summed E-state index contributed by atoms with van der Waals surface area (Å²) in [6.45, 7) is 1.86. The Bertz CT molecular complexity index is 543. The molecule has 0 aliphatic heterocycles. The lowest BCUT2D eigenvalue weighted by atomic mass is 10.1. The van der Waals surface area contributed by atoms with E-state index in [1.54, 1.807) is 0 Å². The highest BCUT2D eigenvalue weighted by Crippen LogP contribution is 2.26. The Labute approximate surface area is 106 Å². The van der Waals surface area contributed by atoms with Crippen LogP contribution in [0.2, 0.25) is 0 Å². The summed E-state index contributed by atoms with van der Waals surface area (Å²) in [6, 6.07) is 13.9. The average molecular weight is 244 g/mol. The van der Waals surface area contributed by atoms with E-state index in [1.807, 2.05) is 49.4 Å². The first kappa shape index (κ1) is 12.4. The zero-order valence-corrected chi connectivity index (χ0v) is 10.6. The summed E-state index contributed by atoms with van der Waals surface area (Å²) in [6.07, 6.45) is 0.0444. The van der Waals surface area contributed by atoms with Gasteiger partial charge in [-0.25, -0.2) is 0 Å². The molecule has 0 aliphatic rings. The molecule has 2 rings (SSSR count). The van der Waals surface area contributed by atoms with E-state index in [0.717, 1.165) is 16.5 Å². The second-order valence-electron chi connectivity index (χ2n) is 4.19. The second-order valence-corrected chi connectivity index (χ2v) is 4.19. The van der Waals surface area contributed by atoms with E-state index < -0.39 is 0 Å². The predicted octanol–water partition coefficient (Wildman–Crippen LogP) is 3.17. The van der Waals surface area contributed by atoms with Gasteiger partial charge in [0.25, 0.3) is 0 Å². The lowest BCUT2D eigenvalue weighted by molar-refractivity contribution is -0.142. The molecular formula is C15H16O3. The molecule has 0 spiro atoms.